The number of aromatic nitrogens is 5. The lowest BCUT2D eigenvalue weighted by atomic mass is 9.99. The molecule has 10 heteroatoms. The number of alkyl halides is 3. The van der Waals surface area contributed by atoms with Gasteiger partial charge in [0.25, 0.3) is 0 Å². The number of aliphatic hydroxyl groups excluding tert-OH is 1. The molecule has 0 saturated carbocycles. The maximum absolute atomic E-state index is 13.6. The Bertz CT molecular complexity index is 1430. The summed E-state index contributed by atoms with van der Waals surface area (Å²) in [4.78, 5) is 9.17. The Morgan fingerprint density at radius 1 is 1.09 bits per heavy atom. The normalized spacial score (nSPS) is 12.0. The Morgan fingerprint density at radius 3 is 2.70 bits per heavy atom. The number of nitrogens with zero attached hydrogens (tertiary/aromatic N) is 4. The van der Waals surface area contributed by atoms with Crippen LogP contribution in [0, 0.1) is 0 Å². The van der Waals surface area contributed by atoms with Gasteiger partial charge in [0.1, 0.15) is 0 Å². The minimum absolute atomic E-state index is 0.0169. The largest absolute Gasteiger partial charge is 0.417 e. The van der Waals surface area contributed by atoms with Crippen molar-refractivity contribution in [1.82, 2.24) is 24.6 Å². The second kappa shape index (κ2) is 8.21. The number of fused-ring (bicyclic) bond motifs is 3. The van der Waals surface area contributed by atoms with Crippen molar-refractivity contribution in [2.24, 2.45) is 0 Å². The molecule has 0 fully saturated rings. The second-order valence-corrected chi connectivity index (χ2v) is 7.48. The van der Waals surface area contributed by atoms with E-state index in [9.17, 15) is 13.2 Å². The van der Waals surface area contributed by atoms with Crippen molar-refractivity contribution in [1.29, 1.82) is 0 Å². The van der Waals surface area contributed by atoms with Crippen molar-refractivity contribution in [2.75, 3.05) is 18.5 Å². The topological polar surface area (TPSA) is 91.1 Å². The third kappa shape index (κ3) is 3.78. The van der Waals surface area contributed by atoms with Crippen LogP contribution in [0.4, 0.5) is 19.0 Å². The summed E-state index contributed by atoms with van der Waals surface area (Å²) in [5.74, 6) is 0.475. The van der Waals surface area contributed by atoms with Gasteiger partial charge in [0.05, 0.1) is 34.2 Å². The van der Waals surface area contributed by atoms with Crippen LogP contribution in [0.1, 0.15) is 12.0 Å². The summed E-state index contributed by atoms with van der Waals surface area (Å²) >= 11 is 0. The average Bonchev–Trinajstić information content (AvgIpc) is 3.48. The molecule has 5 aromatic rings. The van der Waals surface area contributed by atoms with Crippen LogP contribution < -0.4 is 5.32 Å². The lowest BCUT2D eigenvalue weighted by molar-refractivity contribution is -0.137. The number of anilines is 1. The third-order valence-electron chi connectivity index (χ3n) is 5.37. The first kappa shape index (κ1) is 21.0. The van der Waals surface area contributed by atoms with E-state index in [4.69, 9.17) is 5.11 Å². The fourth-order valence-electron chi connectivity index (χ4n) is 3.88. The molecule has 0 saturated heterocycles. The van der Waals surface area contributed by atoms with E-state index in [1.54, 1.807) is 36.7 Å². The van der Waals surface area contributed by atoms with Crippen molar-refractivity contribution >= 4 is 22.5 Å². The number of rotatable bonds is 6. The SMILES string of the molecule is OCCCNc1nc2cc(-c3ccccc3C(F)(F)F)ccc2n2c(-c3ccn[nH]3)cnc12. The van der Waals surface area contributed by atoms with Gasteiger partial charge in [0.15, 0.2) is 11.5 Å². The minimum Gasteiger partial charge on any atom is -0.396 e. The summed E-state index contributed by atoms with van der Waals surface area (Å²) in [5, 5.41) is 19.2. The molecular formula is C23H19F3N6O. The molecule has 3 N–H and O–H groups in total. The maximum Gasteiger partial charge on any atom is 0.417 e. The highest BCUT2D eigenvalue weighted by Crippen LogP contribution is 2.38. The predicted octanol–water partition coefficient (Wildman–Crippen LogP) is 4.75. The number of nitrogens with one attached hydrogen (secondary N) is 2. The van der Waals surface area contributed by atoms with E-state index in [-0.39, 0.29) is 12.2 Å². The first-order valence-corrected chi connectivity index (χ1v) is 10.3. The van der Waals surface area contributed by atoms with Crippen LogP contribution in [0.3, 0.4) is 0 Å². The highest BCUT2D eigenvalue weighted by Gasteiger charge is 2.33. The molecule has 3 heterocycles. The fraction of sp³-hybridized carbons (Fsp3) is 0.174. The highest BCUT2D eigenvalue weighted by atomic mass is 19.4. The first-order valence-electron chi connectivity index (χ1n) is 10.3. The lowest BCUT2D eigenvalue weighted by Gasteiger charge is -2.15. The summed E-state index contributed by atoms with van der Waals surface area (Å²) in [6, 6.07) is 12.3. The van der Waals surface area contributed by atoms with Gasteiger partial charge < -0.3 is 10.4 Å². The minimum atomic E-state index is -4.47. The zero-order valence-electron chi connectivity index (χ0n) is 17.3. The quantitative estimate of drug-likeness (QED) is 0.324. The van der Waals surface area contributed by atoms with Gasteiger partial charge in [-0.25, -0.2) is 9.97 Å². The Hall–Kier alpha value is -3.92. The maximum atomic E-state index is 13.6. The van der Waals surface area contributed by atoms with Gasteiger partial charge in [-0.3, -0.25) is 9.50 Å². The van der Waals surface area contributed by atoms with Gasteiger partial charge in [-0.2, -0.15) is 18.3 Å². The monoisotopic (exact) mass is 452 g/mol. The molecule has 0 atom stereocenters. The number of hydrogen-bond donors (Lipinski definition) is 3. The smallest absolute Gasteiger partial charge is 0.396 e. The number of halogens is 3. The summed E-state index contributed by atoms with van der Waals surface area (Å²) in [6.07, 6.45) is -0.643. The van der Waals surface area contributed by atoms with Crippen LogP contribution in [0.2, 0.25) is 0 Å². The van der Waals surface area contributed by atoms with Crippen LogP contribution in [0.15, 0.2) is 60.9 Å². The zero-order chi connectivity index (χ0) is 23.0. The van der Waals surface area contributed by atoms with Gasteiger partial charge in [-0.15, -0.1) is 0 Å². The molecule has 0 unspecified atom stereocenters. The molecule has 7 nitrogen and oxygen atoms in total. The number of aliphatic hydroxyl groups is 1. The molecule has 0 bridgehead atoms. The molecule has 0 spiro atoms. The predicted molar refractivity (Wildman–Crippen MR) is 119 cm³/mol. The van der Waals surface area contributed by atoms with Crippen LogP contribution in [0.25, 0.3) is 39.2 Å². The molecule has 33 heavy (non-hydrogen) atoms. The molecule has 0 aliphatic carbocycles. The zero-order valence-corrected chi connectivity index (χ0v) is 17.3. The van der Waals surface area contributed by atoms with Crippen molar-refractivity contribution < 1.29 is 18.3 Å². The summed E-state index contributed by atoms with van der Waals surface area (Å²) < 4.78 is 42.7. The number of hydrogen-bond acceptors (Lipinski definition) is 5. The number of H-pyrrole nitrogens is 1. The highest BCUT2D eigenvalue weighted by molar-refractivity contribution is 5.89. The van der Waals surface area contributed by atoms with Crippen LogP contribution in [-0.2, 0) is 6.18 Å². The Balaban J connectivity index is 1.74. The molecule has 168 valence electrons. The number of benzene rings is 2. The summed E-state index contributed by atoms with van der Waals surface area (Å²) in [6.45, 7) is 0.483. The van der Waals surface area contributed by atoms with E-state index in [0.29, 0.717) is 41.0 Å². The van der Waals surface area contributed by atoms with Crippen LogP contribution in [0.5, 0.6) is 0 Å². The molecule has 3 aromatic heterocycles. The van der Waals surface area contributed by atoms with E-state index in [1.165, 1.54) is 12.1 Å². The molecule has 0 aliphatic heterocycles. The van der Waals surface area contributed by atoms with E-state index >= 15 is 0 Å². The molecule has 0 radical (unpaired) electrons. The van der Waals surface area contributed by atoms with Crippen molar-refractivity contribution in [3.05, 3.63) is 66.5 Å². The Kier molecular flexibility index (Phi) is 5.21. The van der Waals surface area contributed by atoms with Gasteiger partial charge in [0.2, 0.25) is 0 Å². The van der Waals surface area contributed by atoms with Crippen molar-refractivity contribution in [3.8, 4) is 22.5 Å². The molecule has 5 rings (SSSR count). The third-order valence-corrected chi connectivity index (χ3v) is 5.37. The van der Waals surface area contributed by atoms with E-state index < -0.39 is 11.7 Å². The van der Waals surface area contributed by atoms with Gasteiger partial charge in [-0.1, -0.05) is 24.3 Å². The second-order valence-electron chi connectivity index (χ2n) is 7.48. The Morgan fingerprint density at radius 2 is 1.94 bits per heavy atom. The number of imidazole rings is 1. The molecule has 0 aliphatic rings. The van der Waals surface area contributed by atoms with Crippen LogP contribution >= 0.6 is 0 Å². The molecule has 0 amide bonds. The van der Waals surface area contributed by atoms with E-state index in [0.717, 1.165) is 17.5 Å². The van der Waals surface area contributed by atoms with Gasteiger partial charge in [-0.05, 0) is 41.8 Å². The van der Waals surface area contributed by atoms with Gasteiger partial charge >= 0.3 is 6.18 Å². The molecular weight excluding hydrogens is 433 g/mol. The fourth-order valence-corrected chi connectivity index (χ4v) is 3.88. The Labute approximate surface area is 185 Å². The van der Waals surface area contributed by atoms with Gasteiger partial charge in [0, 0.05) is 19.3 Å². The number of aromatic amines is 1. The summed E-state index contributed by atoms with van der Waals surface area (Å²) in [7, 11) is 0. The average molecular weight is 452 g/mol. The van der Waals surface area contributed by atoms with Crippen LogP contribution in [-0.4, -0.2) is 42.8 Å². The lowest BCUT2D eigenvalue weighted by Crippen LogP contribution is -2.08. The van der Waals surface area contributed by atoms with Crippen molar-refractivity contribution in [3.63, 3.8) is 0 Å². The van der Waals surface area contributed by atoms with E-state index in [2.05, 4.69) is 25.5 Å². The molecule has 2 aromatic carbocycles. The van der Waals surface area contributed by atoms with E-state index in [1.807, 2.05) is 10.5 Å². The standard InChI is InChI=1S/C23H19F3N6O/c24-23(25,26)16-5-2-1-4-15(16)14-6-7-19-18(12-14)30-21(27-9-3-11-33)22-28-13-20(32(19)22)17-8-10-29-31-17/h1-2,4-8,10,12-13,33H,3,9,11H2,(H,27,30)(H,29,31). The van der Waals surface area contributed by atoms with Crippen molar-refractivity contribution in [2.45, 2.75) is 12.6 Å². The first-order chi connectivity index (χ1) is 16.0. The summed E-state index contributed by atoms with van der Waals surface area (Å²) in [5.41, 5.74) is 3.03.